The van der Waals surface area contributed by atoms with Crippen LogP contribution in [-0.4, -0.2) is 10.2 Å². The first-order valence-electron chi connectivity index (χ1n) is 14.3. The van der Waals surface area contributed by atoms with Crippen molar-refractivity contribution >= 4 is 11.8 Å². The van der Waals surface area contributed by atoms with Gasteiger partial charge in [-0.15, -0.1) is 0 Å². The average molecular weight is 499 g/mol. The summed E-state index contributed by atoms with van der Waals surface area (Å²) in [5.74, 6) is 0.861. The van der Waals surface area contributed by atoms with E-state index in [1.54, 1.807) is 11.8 Å². The Hall–Kier alpha value is -1.61. The number of benzene rings is 2. The van der Waals surface area contributed by atoms with E-state index < -0.39 is 0 Å². The Kier molecular flexibility index (Phi) is 14.3. The van der Waals surface area contributed by atoms with Crippen molar-refractivity contribution in [3.63, 3.8) is 0 Å². The quantitative estimate of drug-likeness (QED) is 0.201. The van der Waals surface area contributed by atoms with Crippen LogP contribution in [0.4, 0.5) is 0 Å². The number of unbranched alkanes of at least 4 members (excludes halogenated alkanes) is 12. The Labute approximate surface area is 219 Å². The van der Waals surface area contributed by atoms with Crippen LogP contribution in [0.5, 0.6) is 11.5 Å². The molecule has 0 saturated heterocycles. The van der Waals surface area contributed by atoms with Crippen LogP contribution in [0.15, 0.2) is 34.1 Å². The summed E-state index contributed by atoms with van der Waals surface area (Å²) in [6.45, 7) is 8.67. The van der Waals surface area contributed by atoms with E-state index in [-0.39, 0.29) is 0 Å². The van der Waals surface area contributed by atoms with Gasteiger partial charge in [0.1, 0.15) is 11.5 Å². The molecule has 0 aliphatic rings. The Morgan fingerprint density at radius 2 is 0.857 bits per heavy atom. The molecule has 0 aliphatic heterocycles. The topological polar surface area (TPSA) is 40.5 Å². The van der Waals surface area contributed by atoms with Gasteiger partial charge in [-0.1, -0.05) is 103 Å². The molecule has 196 valence electrons. The van der Waals surface area contributed by atoms with Gasteiger partial charge in [0.25, 0.3) is 0 Å². The Bertz CT molecular complexity index is 803. The predicted octanol–water partition coefficient (Wildman–Crippen LogP) is 10.5. The van der Waals surface area contributed by atoms with Crippen LogP contribution in [0.1, 0.15) is 126 Å². The molecule has 2 nitrogen and oxygen atoms in total. The van der Waals surface area contributed by atoms with Gasteiger partial charge in [-0.25, -0.2) is 0 Å². The number of hydrogen-bond donors (Lipinski definition) is 2. The number of phenolic OH excluding ortho intramolecular Hbond substituents is 2. The fourth-order valence-corrected chi connectivity index (χ4v) is 5.79. The second kappa shape index (κ2) is 17.0. The number of aryl methyl sites for hydroxylation is 4. The molecule has 35 heavy (non-hydrogen) atoms. The van der Waals surface area contributed by atoms with Gasteiger partial charge in [-0.3, -0.25) is 0 Å². The lowest BCUT2D eigenvalue weighted by Gasteiger charge is -2.14. The minimum atomic E-state index is 0.430. The largest absolute Gasteiger partial charge is 0.508 e. The fourth-order valence-electron chi connectivity index (χ4n) is 4.71. The van der Waals surface area contributed by atoms with Gasteiger partial charge in [-0.05, 0) is 86.1 Å². The van der Waals surface area contributed by atoms with Crippen LogP contribution >= 0.6 is 11.8 Å². The van der Waals surface area contributed by atoms with Crippen molar-refractivity contribution < 1.29 is 10.2 Å². The third kappa shape index (κ3) is 10.9. The van der Waals surface area contributed by atoms with Crippen LogP contribution in [0.25, 0.3) is 0 Å². The van der Waals surface area contributed by atoms with Crippen LogP contribution in [-0.2, 0) is 12.8 Å². The summed E-state index contributed by atoms with van der Waals surface area (Å²) in [7, 11) is 0. The molecule has 0 spiro atoms. The molecule has 0 bridgehead atoms. The summed E-state index contributed by atoms with van der Waals surface area (Å²) >= 11 is 1.77. The molecular formula is C32H50O2S. The third-order valence-electron chi connectivity index (χ3n) is 7.07. The van der Waals surface area contributed by atoms with Gasteiger partial charge in [-0.2, -0.15) is 0 Å². The second-order valence-corrected chi connectivity index (χ2v) is 11.4. The first kappa shape index (κ1) is 29.6. The molecule has 0 aromatic heterocycles. The van der Waals surface area contributed by atoms with Crippen molar-refractivity contribution in [3.8, 4) is 11.5 Å². The zero-order valence-corrected chi connectivity index (χ0v) is 23.7. The molecule has 2 rings (SSSR count). The Morgan fingerprint density at radius 1 is 0.514 bits per heavy atom. The maximum Gasteiger partial charge on any atom is 0.119 e. The van der Waals surface area contributed by atoms with Crippen molar-refractivity contribution in [1.82, 2.24) is 0 Å². The summed E-state index contributed by atoms with van der Waals surface area (Å²) in [4.78, 5) is 2.41. The molecule has 0 aliphatic carbocycles. The van der Waals surface area contributed by atoms with Crippen molar-refractivity contribution in [2.24, 2.45) is 0 Å². The van der Waals surface area contributed by atoms with Gasteiger partial charge in [0, 0.05) is 9.79 Å². The summed E-state index contributed by atoms with van der Waals surface area (Å²) in [5.41, 5.74) is 4.34. The number of hydrogen-bond acceptors (Lipinski definition) is 3. The maximum absolute atomic E-state index is 10.5. The molecule has 0 unspecified atom stereocenters. The summed E-state index contributed by atoms with van der Waals surface area (Å²) in [6, 6.07) is 8.23. The fraction of sp³-hybridized carbons (Fsp3) is 0.625. The van der Waals surface area contributed by atoms with E-state index in [0.717, 1.165) is 47.9 Å². The van der Waals surface area contributed by atoms with Crippen molar-refractivity contribution in [2.45, 2.75) is 140 Å². The zero-order valence-electron chi connectivity index (χ0n) is 22.9. The molecular weight excluding hydrogens is 448 g/mol. The van der Waals surface area contributed by atoms with Gasteiger partial charge in [0.2, 0.25) is 0 Å². The second-order valence-electron chi connectivity index (χ2n) is 10.3. The third-order valence-corrected chi connectivity index (χ3v) is 8.39. The van der Waals surface area contributed by atoms with Crippen LogP contribution in [0, 0.1) is 13.8 Å². The molecule has 0 atom stereocenters. The highest BCUT2D eigenvalue weighted by Gasteiger charge is 2.12. The number of aromatic hydroxyl groups is 2. The van der Waals surface area contributed by atoms with E-state index >= 15 is 0 Å². The van der Waals surface area contributed by atoms with Crippen molar-refractivity contribution in [1.29, 1.82) is 0 Å². The van der Waals surface area contributed by atoms with E-state index in [1.165, 1.54) is 86.8 Å². The van der Waals surface area contributed by atoms with E-state index in [0.29, 0.717) is 11.5 Å². The molecule has 0 heterocycles. The van der Waals surface area contributed by atoms with E-state index in [4.69, 9.17) is 0 Å². The molecule has 3 heteroatoms. The SMILES string of the molecule is CCCCCCCCCc1cc(Sc2cc(CCCCCCCCC)c(O)cc2C)c(C)cc1O. The number of phenols is 2. The Balaban J connectivity index is 1.96. The average Bonchev–Trinajstić information content (AvgIpc) is 2.83. The van der Waals surface area contributed by atoms with Crippen LogP contribution < -0.4 is 0 Å². The van der Waals surface area contributed by atoms with E-state index in [9.17, 15) is 10.2 Å². The lowest BCUT2D eigenvalue weighted by molar-refractivity contribution is 0.464. The van der Waals surface area contributed by atoms with Crippen molar-refractivity contribution in [2.75, 3.05) is 0 Å². The molecule has 0 fully saturated rings. The lowest BCUT2D eigenvalue weighted by atomic mass is 10.0. The first-order chi connectivity index (χ1) is 17.0. The maximum atomic E-state index is 10.5. The zero-order chi connectivity index (χ0) is 25.5. The minimum absolute atomic E-state index is 0.430. The van der Waals surface area contributed by atoms with E-state index in [2.05, 4.69) is 39.8 Å². The van der Waals surface area contributed by atoms with Gasteiger partial charge >= 0.3 is 0 Å². The van der Waals surface area contributed by atoms with Crippen molar-refractivity contribution in [3.05, 3.63) is 46.5 Å². The standard InChI is InChI=1S/C32H50O2S/c1-5-7-9-11-13-15-17-19-27-23-31(25(3)21-29(27)33)35-32-24-28(30(34)22-26(32)4)20-18-16-14-12-10-8-6-2/h21-24,33-34H,5-20H2,1-4H3. The van der Waals surface area contributed by atoms with Crippen LogP contribution in [0.2, 0.25) is 0 Å². The normalized spacial score (nSPS) is 11.3. The summed E-state index contributed by atoms with van der Waals surface area (Å²) in [5, 5.41) is 21.1. The van der Waals surface area contributed by atoms with E-state index in [1.807, 2.05) is 12.1 Å². The van der Waals surface area contributed by atoms with Crippen LogP contribution in [0.3, 0.4) is 0 Å². The molecule has 0 radical (unpaired) electrons. The smallest absolute Gasteiger partial charge is 0.119 e. The molecule has 2 N–H and O–H groups in total. The molecule has 0 saturated carbocycles. The van der Waals surface area contributed by atoms with Gasteiger partial charge < -0.3 is 10.2 Å². The molecule has 2 aromatic rings. The highest BCUT2D eigenvalue weighted by Crippen LogP contribution is 2.38. The summed E-state index contributed by atoms with van der Waals surface area (Å²) in [6.07, 6.45) is 19.8. The predicted molar refractivity (Wildman–Crippen MR) is 153 cm³/mol. The first-order valence-corrected chi connectivity index (χ1v) is 15.1. The Morgan fingerprint density at radius 3 is 1.23 bits per heavy atom. The minimum Gasteiger partial charge on any atom is -0.508 e. The molecule has 0 amide bonds. The van der Waals surface area contributed by atoms with Gasteiger partial charge in [0.15, 0.2) is 0 Å². The highest BCUT2D eigenvalue weighted by atomic mass is 32.2. The number of rotatable bonds is 18. The summed E-state index contributed by atoms with van der Waals surface area (Å²) < 4.78 is 0. The highest BCUT2D eigenvalue weighted by molar-refractivity contribution is 7.99. The molecule has 2 aromatic carbocycles. The monoisotopic (exact) mass is 498 g/mol. The lowest BCUT2D eigenvalue weighted by Crippen LogP contribution is -1.93. The van der Waals surface area contributed by atoms with Gasteiger partial charge in [0.05, 0.1) is 0 Å².